The van der Waals surface area contributed by atoms with Gasteiger partial charge in [-0.25, -0.2) is 0 Å². The Labute approximate surface area is 117 Å². The van der Waals surface area contributed by atoms with Gasteiger partial charge in [-0.15, -0.1) is 0 Å². The Kier molecular flexibility index (Phi) is 4.82. The van der Waals surface area contributed by atoms with E-state index >= 15 is 0 Å². The van der Waals surface area contributed by atoms with E-state index in [-0.39, 0.29) is 17.3 Å². The van der Waals surface area contributed by atoms with Crippen molar-refractivity contribution in [2.45, 2.75) is 58.1 Å². The third-order valence-electron chi connectivity index (χ3n) is 3.55. The number of nitrogens with one attached hydrogen (secondary N) is 1. The molecular formula is C14H21N4O2+. The van der Waals surface area contributed by atoms with Gasteiger partial charge in [0.1, 0.15) is 6.04 Å². The van der Waals surface area contributed by atoms with Crippen LogP contribution in [0.15, 0.2) is 16.1 Å². The van der Waals surface area contributed by atoms with Gasteiger partial charge < -0.3 is 5.11 Å². The molecule has 1 aromatic heterocycles. The van der Waals surface area contributed by atoms with E-state index in [2.05, 4.69) is 27.9 Å². The predicted octanol–water partition coefficient (Wildman–Crippen LogP) is 1.95. The maximum Gasteiger partial charge on any atom is 0.321 e. The maximum absolute atomic E-state index is 11.6. The number of H-pyrrole nitrogens is 1. The fourth-order valence-electron chi connectivity index (χ4n) is 2.41. The molecule has 2 N–H and O–H groups in total. The van der Waals surface area contributed by atoms with E-state index in [0.29, 0.717) is 5.82 Å². The summed E-state index contributed by atoms with van der Waals surface area (Å²) in [6.07, 6.45) is 6.18. The lowest BCUT2D eigenvalue weighted by Crippen LogP contribution is -2.33. The smallest absolute Gasteiger partial charge is 0.321 e. The number of aliphatic imine (C=N–C) groups is 1. The summed E-state index contributed by atoms with van der Waals surface area (Å²) in [5.41, 5.74) is -0.00738. The molecule has 1 unspecified atom stereocenters. The molecule has 0 aliphatic carbocycles. The van der Waals surface area contributed by atoms with Crippen molar-refractivity contribution in [2.75, 3.05) is 0 Å². The van der Waals surface area contributed by atoms with Gasteiger partial charge >= 0.3 is 11.4 Å². The molecule has 0 saturated carbocycles. The zero-order chi connectivity index (χ0) is 14.5. The minimum atomic E-state index is -0.536. The van der Waals surface area contributed by atoms with E-state index in [4.69, 9.17) is 0 Å². The third kappa shape index (κ3) is 3.03. The van der Waals surface area contributed by atoms with Crippen LogP contribution in [-0.4, -0.2) is 37.8 Å². The number of aromatic nitrogens is 2. The van der Waals surface area contributed by atoms with Crippen molar-refractivity contribution in [1.82, 2.24) is 9.97 Å². The number of hydrogen-bond donors (Lipinski definition) is 2. The average Bonchev–Trinajstić information content (AvgIpc) is 2.84. The molecule has 0 amide bonds. The zero-order valence-electron chi connectivity index (χ0n) is 12.0. The monoisotopic (exact) mass is 277 g/mol. The molecule has 0 radical (unpaired) electrons. The van der Waals surface area contributed by atoms with E-state index in [9.17, 15) is 9.90 Å². The average molecular weight is 277 g/mol. The molecule has 20 heavy (non-hydrogen) atoms. The largest absolute Gasteiger partial charge is 0.390 e. The molecule has 2 atom stereocenters. The first-order chi connectivity index (χ1) is 9.65. The highest BCUT2D eigenvalue weighted by molar-refractivity contribution is 5.62. The van der Waals surface area contributed by atoms with Crippen LogP contribution in [0.2, 0.25) is 0 Å². The van der Waals surface area contributed by atoms with Crippen LogP contribution in [0.1, 0.15) is 46.0 Å². The molecule has 1 aliphatic rings. The summed E-state index contributed by atoms with van der Waals surface area (Å²) in [5, 5.41) is 9.99. The number of fused-ring (bicyclic) bond motifs is 1. The molecule has 0 fully saturated rings. The first-order valence-corrected chi connectivity index (χ1v) is 7.16. The molecule has 1 aromatic rings. The van der Waals surface area contributed by atoms with E-state index < -0.39 is 6.10 Å². The summed E-state index contributed by atoms with van der Waals surface area (Å²) < 4.78 is 1.70. The van der Waals surface area contributed by atoms with Crippen molar-refractivity contribution in [1.29, 1.82) is 0 Å². The Morgan fingerprint density at radius 2 is 2.25 bits per heavy atom. The lowest BCUT2D eigenvalue weighted by Gasteiger charge is -2.18. The lowest BCUT2D eigenvalue weighted by atomic mass is 10.0. The van der Waals surface area contributed by atoms with Crippen molar-refractivity contribution in [2.24, 2.45) is 4.99 Å². The topological polar surface area (TPSA) is 81.3 Å². The van der Waals surface area contributed by atoms with Gasteiger partial charge in [-0.2, -0.15) is 4.58 Å². The van der Waals surface area contributed by atoms with Gasteiger partial charge in [0.15, 0.2) is 6.33 Å². The second-order valence-corrected chi connectivity index (χ2v) is 5.14. The van der Waals surface area contributed by atoms with E-state index in [0.717, 1.165) is 19.3 Å². The van der Waals surface area contributed by atoms with E-state index in [1.807, 2.05) is 0 Å². The summed E-state index contributed by atoms with van der Waals surface area (Å²) in [6, 6.07) is 2.65. The molecule has 108 valence electrons. The molecule has 2 heterocycles. The number of rotatable bonds is 7. The highest BCUT2D eigenvalue weighted by Crippen LogP contribution is 2.27. The van der Waals surface area contributed by atoms with Crippen LogP contribution in [0.4, 0.5) is 11.5 Å². The molecule has 0 spiro atoms. The molecule has 1 aliphatic heterocycles. The standard InChI is InChI=1S/C14H20N4O2/c1-3-4-5-6-7-11(10(2)19)18-9-17-12-13(18)15-8-16-14(12)20/h8,10-11,19H,3-7H2,1-2H3/p+1/t10-,11?/m0/s1. The van der Waals surface area contributed by atoms with Gasteiger partial charge in [0.25, 0.3) is 5.69 Å². The van der Waals surface area contributed by atoms with Crippen LogP contribution in [0.3, 0.4) is 0 Å². The van der Waals surface area contributed by atoms with Crippen molar-refractivity contribution in [3.8, 4) is 0 Å². The first-order valence-electron chi connectivity index (χ1n) is 7.16. The third-order valence-corrected chi connectivity index (χ3v) is 3.55. The molecule has 6 heteroatoms. The Hall–Kier alpha value is -1.78. The van der Waals surface area contributed by atoms with Crippen LogP contribution < -0.4 is 5.56 Å². The van der Waals surface area contributed by atoms with E-state index in [1.54, 1.807) is 11.5 Å². The van der Waals surface area contributed by atoms with Gasteiger partial charge in [0.05, 0.1) is 6.10 Å². The summed E-state index contributed by atoms with van der Waals surface area (Å²) in [6.45, 7) is 3.91. The second kappa shape index (κ2) is 6.59. The van der Waals surface area contributed by atoms with Gasteiger partial charge in [0, 0.05) is 0 Å². The molecule has 0 aromatic carbocycles. The Morgan fingerprint density at radius 1 is 1.45 bits per heavy atom. The number of nitrogens with zero attached hydrogens (tertiary/aromatic N) is 3. The van der Waals surface area contributed by atoms with Crippen molar-refractivity contribution in [3.63, 3.8) is 0 Å². The summed E-state index contributed by atoms with van der Waals surface area (Å²) >= 11 is 0. The number of aliphatic hydroxyl groups is 1. The highest BCUT2D eigenvalue weighted by atomic mass is 16.3. The summed E-state index contributed by atoms with van der Waals surface area (Å²) in [5.74, 6) is 0.482. The molecule has 0 bridgehead atoms. The quantitative estimate of drug-likeness (QED) is 0.590. The van der Waals surface area contributed by atoms with Crippen molar-refractivity contribution in [3.05, 3.63) is 16.7 Å². The van der Waals surface area contributed by atoms with Crippen LogP contribution >= 0.6 is 0 Å². The SMILES string of the molecule is CCCCCCC([C@H](C)O)[N+]1=C=Nc2c1nc[nH]c2=O. The van der Waals surface area contributed by atoms with Crippen LogP contribution in [-0.2, 0) is 0 Å². The maximum atomic E-state index is 11.6. The van der Waals surface area contributed by atoms with Crippen LogP contribution in [0.25, 0.3) is 0 Å². The normalized spacial score (nSPS) is 15.8. The number of aromatic amines is 1. The number of unbranched alkanes of at least 4 members (excludes halogenated alkanes) is 3. The van der Waals surface area contributed by atoms with Gasteiger partial charge in [-0.1, -0.05) is 31.2 Å². The number of hydrogen-bond acceptors (Lipinski definition) is 4. The van der Waals surface area contributed by atoms with Gasteiger partial charge in [0.2, 0.25) is 6.01 Å². The van der Waals surface area contributed by atoms with Gasteiger partial charge in [-0.05, 0) is 24.8 Å². The Bertz CT molecular complexity index is 585. The van der Waals surface area contributed by atoms with Gasteiger partial charge in [-0.3, -0.25) is 9.78 Å². The minimum Gasteiger partial charge on any atom is -0.390 e. The summed E-state index contributed by atoms with van der Waals surface area (Å²) in [4.78, 5) is 22.3. The first kappa shape index (κ1) is 14.6. The fourth-order valence-corrected chi connectivity index (χ4v) is 2.41. The molecule has 6 nitrogen and oxygen atoms in total. The second-order valence-electron chi connectivity index (χ2n) is 5.14. The van der Waals surface area contributed by atoms with Crippen LogP contribution in [0, 0.1) is 0 Å². The van der Waals surface area contributed by atoms with E-state index in [1.165, 1.54) is 19.2 Å². The minimum absolute atomic E-state index is 0.147. The summed E-state index contributed by atoms with van der Waals surface area (Å²) in [7, 11) is 0. The lowest BCUT2D eigenvalue weighted by molar-refractivity contribution is -0.493. The van der Waals surface area contributed by atoms with Crippen molar-refractivity contribution < 1.29 is 9.68 Å². The molecule has 0 saturated heterocycles. The van der Waals surface area contributed by atoms with Crippen molar-refractivity contribution >= 4 is 17.5 Å². The molecule has 2 rings (SSSR count). The molecular weight excluding hydrogens is 256 g/mol. The highest BCUT2D eigenvalue weighted by Gasteiger charge is 2.32. The predicted molar refractivity (Wildman–Crippen MR) is 76.1 cm³/mol. The number of aliphatic hydroxyl groups excluding tert-OH is 1. The van der Waals surface area contributed by atoms with Crippen LogP contribution in [0.5, 0.6) is 0 Å². The fraction of sp³-hybridized carbons (Fsp3) is 0.643. The zero-order valence-corrected chi connectivity index (χ0v) is 12.0. The Morgan fingerprint density at radius 3 is 2.95 bits per heavy atom. The Balaban J connectivity index is 2.15.